The second kappa shape index (κ2) is 6.38. The molecule has 0 saturated carbocycles. The van der Waals surface area contributed by atoms with E-state index in [9.17, 15) is 0 Å². The van der Waals surface area contributed by atoms with Gasteiger partial charge in [-0.15, -0.1) is 0 Å². The van der Waals surface area contributed by atoms with Gasteiger partial charge in [-0.1, -0.05) is 72.8 Å². The molecule has 0 atom stereocenters. The van der Waals surface area contributed by atoms with Crippen LogP contribution in [-0.2, 0) is 0 Å². The SMILES string of the molecule is OCC/C=C(\c1ccccc1)c1ccc2ccccc2c1. The second-order valence-corrected chi connectivity index (χ2v) is 5.06. The molecule has 0 aromatic heterocycles. The van der Waals surface area contributed by atoms with Gasteiger partial charge < -0.3 is 5.11 Å². The highest BCUT2D eigenvalue weighted by Crippen LogP contribution is 2.27. The number of aliphatic hydroxyl groups is 1. The van der Waals surface area contributed by atoms with Crippen LogP contribution in [-0.4, -0.2) is 11.7 Å². The Morgan fingerprint density at radius 2 is 1.48 bits per heavy atom. The van der Waals surface area contributed by atoms with Gasteiger partial charge in [0.1, 0.15) is 0 Å². The van der Waals surface area contributed by atoms with Gasteiger partial charge in [0.2, 0.25) is 0 Å². The Morgan fingerprint density at radius 1 is 0.762 bits per heavy atom. The summed E-state index contributed by atoms with van der Waals surface area (Å²) in [7, 11) is 0. The topological polar surface area (TPSA) is 20.2 Å². The molecule has 0 aliphatic heterocycles. The first-order chi connectivity index (χ1) is 10.4. The Hall–Kier alpha value is -2.38. The van der Waals surface area contributed by atoms with Crippen LogP contribution in [0, 0.1) is 0 Å². The van der Waals surface area contributed by atoms with E-state index in [0.29, 0.717) is 6.42 Å². The summed E-state index contributed by atoms with van der Waals surface area (Å²) in [6.07, 6.45) is 2.77. The van der Waals surface area contributed by atoms with Crippen molar-refractivity contribution in [2.24, 2.45) is 0 Å². The van der Waals surface area contributed by atoms with Crippen molar-refractivity contribution in [2.75, 3.05) is 6.61 Å². The minimum absolute atomic E-state index is 0.171. The zero-order valence-corrected chi connectivity index (χ0v) is 11.9. The van der Waals surface area contributed by atoms with Crippen LogP contribution in [0.5, 0.6) is 0 Å². The predicted octanol–water partition coefficient (Wildman–Crippen LogP) is 4.65. The summed E-state index contributed by atoms with van der Waals surface area (Å²) in [5, 5.41) is 11.6. The lowest BCUT2D eigenvalue weighted by atomic mass is 9.95. The van der Waals surface area contributed by atoms with Crippen molar-refractivity contribution in [3.05, 3.63) is 90.0 Å². The largest absolute Gasteiger partial charge is 0.396 e. The summed E-state index contributed by atoms with van der Waals surface area (Å²) in [5.41, 5.74) is 3.55. The van der Waals surface area contributed by atoms with Crippen LogP contribution < -0.4 is 0 Å². The van der Waals surface area contributed by atoms with E-state index in [1.807, 2.05) is 18.2 Å². The zero-order valence-electron chi connectivity index (χ0n) is 11.9. The maximum Gasteiger partial charge on any atom is 0.0465 e. The zero-order chi connectivity index (χ0) is 14.5. The lowest BCUT2D eigenvalue weighted by Gasteiger charge is -2.10. The highest BCUT2D eigenvalue weighted by Gasteiger charge is 2.05. The summed E-state index contributed by atoms with van der Waals surface area (Å²) in [5.74, 6) is 0. The average Bonchev–Trinajstić information content (AvgIpc) is 2.56. The van der Waals surface area contributed by atoms with Gasteiger partial charge in [0, 0.05) is 6.61 Å². The first kappa shape index (κ1) is 13.6. The second-order valence-electron chi connectivity index (χ2n) is 5.06. The van der Waals surface area contributed by atoms with Crippen molar-refractivity contribution < 1.29 is 5.11 Å². The molecule has 0 heterocycles. The molecule has 0 saturated heterocycles. The Morgan fingerprint density at radius 3 is 2.24 bits per heavy atom. The number of benzene rings is 3. The van der Waals surface area contributed by atoms with Gasteiger partial charge in [-0.05, 0) is 40.0 Å². The molecule has 0 bridgehead atoms. The molecule has 0 fully saturated rings. The molecule has 0 aliphatic carbocycles. The van der Waals surface area contributed by atoms with Crippen LogP contribution in [0.25, 0.3) is 16.3 Å². The Labute approximate surface area is 125 Å². The van der Waals surface area contributed by atoms with E-state index in [-0.39, 0.29) is 6.61 Å². The third-order valence-corrected chi connectivity index (χ3v) is 3.62. The van der Waals surface area contributed by atoms with E-state index < -0.39 is 0 Å². The van der Waals surface area contributed by atoms with Crippen LogP contribution in [0.15, 0.2) is 78.9 Å². The van der Waals surface area contributed by atoms with E-state index in [4.69, 9.17) is 5.11 Å². The molecule has 1 N–H and O–H groups in total. The van der Waals surface area contributed by atoms with Gasteiger partial charge in [-0.3, -0.25) is 0 Å². The summed E-state index contributed by atoms with van der Waals surface area (Å²) >= 11 is 0. The fourth-order valence-corrected chi connectivity index (χ4v) is 2.59. The molecule has 104 valence electrons. The minimum Gasteiger partial charge on any atom is -0.396 e. The summed E-state index contributed by atoms with van der Waals surface area (Å²) in [6.45, 7) is 0.171. The number of fused-ring (bicyclic) bond motifs is 1. The summed E-state index contributed by atoms with van der Waals surface area (Å²) < 4.78 is 0. The molecule has 1 nitrogen and oxygen atoms in total. The van der Waals surface area contributed by atoms with E-state index in [2.05, 4.69) is 60.7 Å². The van der Waals surface area contributed by atoms with Gasteiger partial charge in [0.25, 0.3) is 0 Å². The Balaban J connectivity index is 2.10. The van der Waals surface area contributed by atoms with Gasteiger partial charge in [0.05, 0.1) is 0 Å². The van der Waals surface area contributed by atoms with Gasteiger partial charge in [-0.2, -0.15) is 0 Å². The van der Waals surface area contributed by atoms with Crippen molar-refractivity contribution >= 4 is 16.3 Å². The van der Waals surface area contributed by atoms with Crippen LogP contribution in [0.1, 0.15) is 17.5 Å². The standard InChI is InChI=1S/C20H18O/c21-14-6-11-20(17-8-2-1-3-9-17)19-13-12-16-7-4-5-10-18(16)15-19/h1-5,7-13,15,21H,6,14H2/b20-11+. The van der Waals surface area contributed by atoms with Crippen molar-refractivity contribution in [3.8, 4) is 0 Å². The van der Waals surface area contributed by atoms with Crippen LogP contribution in [0.2, 0.25) is 0 Å². The van der Waals surface area contributed by atoms with Crippen molar-refractivity contribution in [1.82, 2.24) is 0 Å². The fraction of sp³-hybridized carbons (Fsp3) is 0.100. The monoisotopic (exact) mass is 274 g/mol. The third kappa shape index (κ3) is 3.04. The van der Waals surface area contributed by atoms with Gasteiger partial charge in [-0.25, -0.2) is 0 Å². The number of rotatable bonds is 4. The highest BCUT2D eigenvalue weighted by molar-refractivity contribution is 5.89. The molecule has 0 spiro atoms. The number of hydrogen-bond donors (Lipinski definition) is 1. The molecule has 3 aromatic carbocycles. The Kier molecular flexibility index (Phi) is 4.13. The van der Waals surface area contributed by atoms with Gasteiger partial charge >= 0.3 is 0 Å². The fourth-order valence-electron chi connectivity index (χ4n) is 2.59. The average molecular weight is 274 g/mol. The van der Waals surface area contributed by atoms with Crippen molar-refractivity contribution in [2.45, 2.75) is 6.42 Å². The lowest BCUT2D eigenvalue weighted by Crippen LogP contribution is -1.90. The number of aliphatic hydroxyl groups excluding tert-OH is 1. The molecule has 21 heavy (non-hydrogen) atoms. The molecule has 0 amide bonds. The van der Waals surface area contributed by atoms with Crippen LogP contribution >= 0.6 is 0 Å². The molecule has 3 aromatic rings. The first-order valence-electron chi connectivity index (χ1n) is 7.24. The van der Waals surface area contributed by atoms with E-state index in [1.165, 1.54) is 27.5 Å². The normalized spacial score (nSPS) is 11.8. The molecule has 0 aliphatic rings. The summed E-state index contributed by atoms with van der Waals surface area (Å²) in [6, 6.07) is 25.2. The first-order valence-corrected chi connectivity index (χ1v) is 7.24. The minimum atomic E-state index is 0.171. The molecular formula is C20H18O. The predicted molar refractivity (Wildman–Crippen MR) is 89.2 cm³/mol. The molecule has 1 heteroatoms. The smallest absolute Gasteiger partial charge is 0.0465 e. The molecule has 3 rings (SSSR count). The quantitative estimate of drug-likeness (QED) is 0.734. The highest BCUT2D eigenvalue weighted by atomic mass is 16.2. The van der Waals surface area contributed by atoms with E-state index >= 15 is 0 Å². The number of hydrogen-bond acceptors (Lipinski definition) is 1. The molecular weight excluding hydrogens is 256 g/mol. The van der Waals surface area contributed by atoms with Crippen LogP contribution in [0.3, 0.4) is 0 Å². The van der Waals surface area contributed by atoms with Crippen molar-refractivity contribution in [1.29, 1.82) is 0 Å². The maximum absolute atomic E-state index is 9.14. The lowest BCUT2D eigenvalue weighted by molar-refractivity contribution is 0.303. The van der Waals surface area contributed by atoms with Gasteiger partial charge in [0.15, 0.2) is 0 Å². The molecule has 0 unspecified atom stereocenters. The van der Waals surface area contributed by atoms with Crippen LogP contribution in [0.4, 0.5) is 0 Å². The Bertz CT molecular complexity index is 757. The van der Waals surface area contributed by atoms with E-state index in [0.717, 1.165) is 0 Å². The maximum atomic E-state index is 9.14. The summed E-state index contributed by atoms with van der Waals surface area (Å²) in [4.78, 5) is 0. The third-order valence-electron chi connectivity index (χ3n) is 3.62. The van der Waals surface area contributed by atoms with E-state index in [1.54, 1.807) is 0 Å². The molecule has 0 radical (unpaired) electrons. The van der Waals surface area contributed by atoms with Crippen molar-refractivity contribution in [3.63, 3.8) is 0 Å².